The molecule has 1 N–H and O–H groups in total. The molecule has 0 saturated carbocycles. The van der Waals surface area contributed by atoms with Crippen LogP contribution in [-0.4, -0.2) is 22.5 Å². The van der Waals surface area contributed by atoms with Gasteiger partial charge in [0.1, 0.15) is 5.03 Å². The third-order valence-electron chi connectivity index (χ3n) is 1.10. The molecule has 0 bridgehead atoms. The largest absolute Gasteiger partial charge is 0.396 e. The second-order valence-electron chi connectivity index (χ2n) is 2.01. The van der Waals surface area contributed by atoms with Crippen molar-refractivity contribution in [2.75, 3.05) is 12.4 Å². The van der Waals surface area contributed by atoms with E-state index in [4.69, 9.17) is 16.7 Å². The summed E-state index contributed by atoms with van der Waals surface area (Å²) < 4.78 is 12.9. The van der Waals surface area contributed by atoms with Crippen LogP contribution in [0.25, 0.3) is 0 Å². The van der Waals surface area contributed by atoms with Gasteiger partial charge in [0.2, 0.25) is 0 Å². The number of thioether (sulfide) groups is 1. The Balaban J connectivity index is 2.72. The van der Waals surface area contributed by atoms with E-state index in [0.717, 1.165) is 11.8 Å². The van der Waals surface area contributed by atoms with Gasteiger partial charge >= 0.3 is 0 Å². The molecule has 0 atom stereocenters. The fraction of sp³-hybridized carbons (Fsp3) is 0.286. The molecule has 0 radical (unpaired) electrons. The Morgan fingerprint density at radius 1 is 1.67 bits per heavy atom. The van der Waals surface area contributed by atoms with Gasteiger partial charge in [0, 0.05) is 11.9 Å². The van der Waals surface area contributed by atoms with Gasteiger partial charge in [0.15, 0.2) is 5.82 Å². The Bertz CT molecular complexity index is 272. The highest BCUT2D eigenvalue weighted by molar-refractivity contribution is 7.99. The number of rotatable bonds is 3. The van der Waals surface area contributed by atoms with E-state index in [9.17, 15) is 4.39 Å². The normalized spacial score (nSPS) is 10.2. The number of aliphatic hydroxyl groups excluding tert-OH is 1. The molecule has 0 amide bonds. The first-order chi connectivity index (χ1) is 5.74. The van der Waals surface area contributed by atoms with Crippen LogP contribution in [0.4, 0.5) is 4.39 Å². The molecule has 1 rings (SSSR count). The molecule has 0 saturated heterocycles. The second kappa shape index (κ2) is 4.64. The van der Waals surface area contributed by atoms with E-state index < -0.39 is 5.82 Å². The van der Waals surface area contributed by atoms with Gasteiger partial charge in [0.25, 0.3) is 0 Å². The topological polar surface area (TPSA) is 33.1 Å². The predicted octanol–water partition coefficient (Wildman–Crippen LogP) is 1.96. The molecule has 1 heterocycles. The summed E-state index contributed by atoms with van der Waals surface area (Å²) in [5.74, 6) is -0.00750. The van der Waals surface area contributed by atoms with Crippen LogP contribution in [0.15, 0.2) is 17.3 Å². The molecule has 12 heavy (non-hydrogen) atoms. The fourth-order valence-electron chi connectivity index (χ4n) is 0.651. The molecule has 66 valence electrons. The van der Waals surface area contributed by atoms with Crippen LogP contribution in [0.3, 0.4) is 0 Å². The van der Waals surface area contributed by atoms with E-state index in [1.807, 2.05) is 0 Å². The highest BCUT2D eigenvalue weighted by atomic mass is 35.5. The zero-order valence-corrected chi connectivity index (χ0v) is 7.70. The van der Waals surface area contributed by atoms with Crippen molar-refractivity contribution in [2.24, 2.45) is 0 Å². The van der Waals surface area contributed by atoms with Crippen molar-refractivity contribution < 1.29 is 9.50 Å². The minimum atomic E-state index is -0.444. The molecule has 2 nitrogen and oxygen atoms in total. The monoisotopic (exact) mass is 207 g/mol. The van der Waals surface area contributed by atoms with Crippen molar-refractivity contribution in [1.29, 1.82) is 0 Å². The fourth-order valence-corrected chi connectivity index (χ4v) is 1.40. The van der Waals surface area contributed by atoms with Gasteiger partial charge in [-0.3, -0.25) is 0 Å². The van der Waals surface area contributed by atoms with Gasteiger partial charge in [-0.2, -0.15) is 0 Å². The highest BCUT2D eigenvalue weighted by Gasteiger charge is 2.03. The summed E-state index contributed by atoms with van der Waals surface area (Å²) in [6.07, 6.45) is 1.38. The van der Waals surface area contributed by atoms with Crippen molar-refractivity contribution in [3.63, 3.8) is 0 Å². The lowest BCUT2D eigenvalue weighted by atomic mass is 10.5. The summed E-state index contributed by atoms with van der Waals surface area (Å²) in [4.78, 5) is 3.76. The standard InChI is InChI=1S/C7H7ClFNOS/c8-5-3-6(9)7(10-4-5)12-2-1-11/h3-4,11H,1-2H2. The minimum Gasteiger partial charge on any atom is -0.396 e. The van der Waals surface area contributed by atoms with Crippen LogP contribution in [0.1, 0.15) is 0 Å². The van der Waals surface area contributed by atoms with Crippen LogP contribution in [-0.2, 0) is 0 Å². The van der Waals surface area contributed by atoms with Crippen molar-refractivity contribution in [3.8, 4) is 0 Å². The Labute approximate surface area is 78.8 Å². The van der Waals surface area contributed by atoms with Crippen molar-refractivity contribution in [1.82, 2.24) is 4.98 Å². The van der Waals surface area contributed by atoms with Gasteiger partial charge in [-0.25, -0.2) is 9.37 Å². The second-order valence-corrected chi connectivity index (χ2v) is 3.53. The number of nitrogens with zero attached hydrogens (tertiary/aromatic N) is 1. The smallest absolute Gasteiger partial charge is 0.156 e. The molecule has 5 heteroatoms. The molecule has 1 aromatic rings. The van der Waals surface area contributed by atoms with Crippen LogP contribution in [0.5, 0.6) is 0 Å². The van der Waals surface area contributed by atoms with E-state index in [1.54, 1.807) is 0 Å². The van der Waals surface area contributed by atoms with Crippen molar-refractivity contribution in [2.45, 2.75) is 5.03 Å². The zero-order chi connectivity index (χ0) is 8.97. The number of halogens is 2. The van der Waals surface area contributed by atoms with E-state index in [2.05, 4.69) is 4.98 Å². The molecule has 0 unspecified atom stereocenters. The molecular weight excluding hydrogens is 201 g/mol. The molecule has 0 fully saturated rings. The van der Waals surface area contributed by atoms with E-state index in [-0.39, 0.29) is 16.7 Å². The maximum Gasteiger partial charge on any atom is 0.156 e. The summed E-state index contributed by atoms with van der Waals surface area (Å²) in [6, 6.07) is 1.20. The molecule has 0 spiro atoms. The lowest BCUT2D eigenvalue weighted by Gasteiger charge is -1.99. The molecule has 0 aliphatic carbocycles. The Morgan fingerprint density at radius 3 is 3.00 bits per heavy atom. The Hall–Kier alpha value is -0.320. The summed E-state index contributed by atoms with van der Waals surface area (Å²) in [5, 5.41) is 9.03. The summed E-state index contributed by atoms with van der Waals surface area (Å²) >= 11 is 6.65. The predicted molar refractivity (Wildman–Crippen MR) is 47.0 cm³/mol. The van der Waals surface area contributed by atoms with Gasteiger partial charge < -0.3 is 5.11 Å². The zero-order valence-electron chi connectivity index (χ0n) is 6.13. The van der Waals surface area contributed by atoms with Crippen LogP contribution >= 0.6 is 23.4 Å². The number of pyridine rings is 1. The van der Waals surface area contributed by atoms with Crippen LogP contribution in [0, 0.1) is 5.82 Å². The van der Waals surface area contributed by atoms with Crippen LogP contribution < -0.4 is 0 Å². The van der Waals surface area contributed by atoms with Gasteiger partial charge in [-0.1, -0.05) is 11.6 Å². The average molecular weight is 208 g/mol. The minimum absolute atomic E-state index is 0.00835. The Morgan fingerprint density at radius 2 is 2.42 bits per heavy atom. The highest BCUT2D eigenvalue weighted by Crippen LogP contribution is 2.20. The first-order valence-electron chi connectivity index (χ1n) is 3.28. The van der Waals surface area contributed by atoms with Gasteiger partial charge in [-0.15, -0.1) is 11.8 Å². The number of hydrogen-bond acceptors (Lipinski definition) is 3. The van der Waals surface area contributed by atoms with Crippen molar-refractivity contribution in [3.05, 3.63) is 23.1 Å². The van der Waals surface area contributed by atoms with Crippen LogP contribution in [0.2, 0.25) is 5.02 Å². The maximum absolute atomic E-state index is 12.9. The third-order valence-corrected chi connectivity index (χ3v) is 2.27. The molecule has 0 aliphatic rings. The maximum atomic E-state index is 12.9. The Kier molecular flexibility index (Phi) is 3.78. The van der Waals surface area contributed by atoms with Gasteiger partial charge in [0.05, 0.1) is 11.6 Å². The van der Waals surface area contributed by atoms with E-state index in [1.165, 1.54) is 12.3 Å². The summed E-state index contributed by atoms with van der Waals surface area (Å²) in [5.41, 5.74) is 0. The molecule has 0 aromatic carbocycles. The van der Waals surface area contributed by atoms with E-state index in [0.29, 0.717) is 5.75 Å². The summed E-state index contributed by atoms with van der Waals surface area (Å²) in [7, 11) is 0. The first-order valence-corrected chi connectivity index (χ1v) is 4.65. The summed E-state index contributed by atoms with van der Waals surface area (Å²) in [6.45, 7) is 0.00835. The number of aliphatic hydroxyl groups is 1. The molecule has 0 aliphatic heterocycles. The lowest BCUT2D eigenvalue weighted by molar-refractivity contribution is 0.322. The number of aromatic nitrogens is 1. The SMILES string of the molecule is OCCSc1ncc(Cl)cc1F. The first kappa shape index (κ1) is 9.77. The molecular formula is C7H7ClFNOS. The lowest BCUT2D eigenvalue weighted by Crippen LogP contribution is -1.91. The van der Waals surface area contributed by atoms with Gasteiger partial charge in [-0.05, 0) is 6.07 Å². The molecule has 1 aromatic heterocycles. The quantitative estimate of drug-likeness (QED) is 0.770. The van der Waals surface area contributed by atoms with Crippen molar-refractivity contribution >= 4 is 23.4 Å². The van der Waals surface area contributed by atoms with E-state index >= 15 is 0 Å². The average Bonchev–Trinajstić information content (AvgIpc) is 2.03. The number of hydrogen-bond donors (Lipinski definition) is 1. The third kappa shape index (κ3) is 2.62.